The Labute approximate surface area is 176 Å². The molecule has 1 aliphatic rings. The van der Waals surface area contributed by atoms with Gasteiger partial charge in [-0.2, -0.15) is 4.98 Å². The van der Waals surface area contributed by atoms with Crippen molar-refractivity contribution in [2.75, 3.05) is 25.0 Å². The predicted molar refractivity (Wildman–Crippen MR) is 107 cm³/mol. The van der Waals surface area contributed by atoms with E-state index in [1.807, 2.05) is 0 Å². The van der Waals surface area contributed by atoms with Gasteiger partial charge in [0.2, 0.25) is 11.9 Å². The number of carbonyl (C=O) groups excluding carboxylic acids is 1. The zero-order valence-corrected chi connectivity index (χ0v) is 17.0. The molecule has 0 aliphatic carbocycles. The Hall–Kier alpha value is -2.07. The molecule has 2 aromatic rings. The number of aliphatic hydroxyl groups excluding tert-OH is 4. The molecule has 13 nitrogen and oxygen atoms in total. The minimum absolute atomic E-state index is 0.190. The van der Waals surface area contributed by atoms with Crippen molar-refractivity contribution < 1.29 is 30.0 Å². The topological polar surface area (TPSA) is 201 Å². The molecule has 14 heteroatoms. The van der Waals surface area contributed by atoms with Gasteiger partial charge in [0.05, 0.1) is 19.0 Å². The number of rotatable bonds is 8. The van der Waals surface area contributed by atoms with Crippen LogP contribution in [0.5, 0.6) is 0 Å². The largest absolute Gasteiger partial charge is 0.394 e. The number of anilines is 1. The van der Waals surface area contributed by atoms with Crippen LogP contribution in [0, 0.1) is 0 Å². The van der Waals surface area contributed by atoms with Gasteiger partial charge >= 0.3 is 0 Å². The summed E-state index contributed by atoms with van der Waals surface area (Å²) in [4.78, 5) is 24.4. The Morgan fingerprint density at radius 3 is 2.73 bits per heavy atom. The first-order valence-electron chi connectivity index (χ1n) is 9.25. The average Bonchev–Trinajstić information content (AvgIpc) is 3.26. The first kappa shape index (κ1) is 22.6. The molecule has 6 atom stereocenters. The number of nitrogens with two attached hydrogens (primary N) is 1. The van der Waals surface area contributed by atoms with E-state index in [-0.39, 0.29) is 24.1 Å². The highest BCUT2D eigenvalue weighted by molar-refractivity contribution is 7.80. The second-order valence-electron chi connectivity index (χ2n) is 6.91. The minimum Gasteiger partial charge on any atom is -0.394 e. The Kier molecular flexibility index (Phi) is 7.07. The van der Waals surface area contributed by atoms with Gasteiger partial charge in [-0.15, -0.1) is 12.6 Å². The van der Waals surface area contributed by atoms with Crippen LogP contribution in [0.3, 0.4) is 0 Å². The first-order chi connectivity index (χ1) is 14.2. The number of nitrogens with zero attached hydrogens (tertiary/aromatic N) is 4. The van der Waals surface area contributed by atoms with Crippen molar-refractivity contribution in [2.24, 2.45) is 5.73 Å². The maximum Gasteiger partial charge on any atom is 0.239 e. The van der Waals surface area contributed by atoms with Crippen molar-refractivity contribution in [1.29, 1.82) is 0 Å². The van der Waals surface area contributed by atoms with Crippen LogP contribution in [-0.2, 0) is 9.53 Å². The summed E-state index contributed by atoms with van der Waals surface area (Å²) in [5, 5.41) is 44.6. The van der Waals surface area contributed by atoms with Crippen molar-refractivity contribution in [3.8, 4) is 0 Å². The molecule has 1 amide bonds. The zero-order valence-electron chi connectivity index (χ0n) is 16.1. The van der Waals surface area contributed by atoms with E-state index in [1.54, 1.807) is 0 Å². The second kappa shape index (κ2) is 9.38. The van der Waals surface area contributed by atoms with E-state index >= 15 is 0 Å². The van der Waals surface area contributed by atoms with Crippen molar-refractivity contribution in [3.63, 3.8) is 0 Å². The van der Waals surface area contributed by atoms with Gasteiger partial charge < -0.3 is 41.5 Å². The Balaban J connectivity index is 1.71. The molecule has 3 heterocycles. The molecule has 0 radical (unpaired) electrons. The third kappa shape index (κ3) is 4.49. The molecule has 4 unspecified atom stereocenters. The second-order valence-corrected chi connectivity index (χ2v) is 7.33. The van der Waals surface area contributed by atoms with Crippen molar-refractivity contribution in [3.05, 3.63) is 6.33 Å². The third-order valence-electron chi connectivity index (χ3n) is 4.72. The summed E-state index contributed by atoms with van der Waals surface area (Å²) in [5.41, 5.74) is 6.21. The quantitative estimate of drug-likeness (QED) is 0.117. The number of fused-ring (bicyclic) bond motifs is 1. The Bertz CT molecular complexity index is 896. The highest BCUT2D eigenvalue weighted by atomic mass is 32.1. The molecule has 1 aliphatic heterocycles. The van der Waals surface area contributed by atoms with E-state index in [0.717, 1.165) is 0 Å². The van der Waals surface area contributed by atoms with E-state index < -0.39 is 49.2 Å². The van der Waals surface area contributed by atoms with Crippen LogP contribution in [0.2, 0.25) is 0 Å². The van der Waals surface area contributed by atoms with Crippen molar-refractivity contribution >= 4 is 35.6 Å². The number of nitrogens with one attached hydrogen (secondary N) is 2. The Morgan fingerprint density at radius 1 is 1.37 bits per heavy atom. The molecule has 3 rings (SSSR count). The van der Waals surface area contributed by atoms with Crippen LogP contribution in [0.4, 0.5) is 5.95 Å². The maximum absolute atomic E-state index is 11.7. The maximum atomic E-state index is 11.7. The molecule has 8 N–H and O–H groups in total. The average molecular weight is 443 g/mol. The van der Waals surface area contributed by atoms with Gasteiger partial charge in [-0.05, 0) is 6.92 Å². The molecule has 0 spiro atoms. The molecule has 1 saturated heterocycles. The predicted octanol–water partition coefficient (Wildman–Crippen LogP) is -3.04. The highest BCUT2D eigenvalue weighted by Crippen LogP contribution is 2.32. The van der Waals surface area contributed by atoms with E-state index in [2.05, 4.69) is 38.2 Å². The number of aromatic nitrogens is 4. The van der Waals surface area contributed by atoms with Gasteiger partial charge in [0, 0.05) is 13.1 Å². The van der Waals surface area contributed by atoms with Crippen LogP contribution < -0.4 is 16.4 Å². The third-order valence-corrected chi connectivity index (χ3v) is 5.04. The first-order valence-corrected chi connectivity index (χ1v) is 9.70. The molecular weight excluding hydrogens is 418 g/mol. The lowest BCUT2D eigenvalue weighted by Gasteiger charge is -2.17. The van der Waals surface area contributed by atoms with E-state index in [0.29, 0.717) is 11.2 Å². The lowest BCUT2D eigenvalue weighted by molar-refractivity contribution is -0.124. The van der Waals surface area contributed by atoms with Crippen molar-refractivity contribution in [2.45, 2.75) is 48.6 Å². The molecule has 0 aromatic carbocycles. The number of carbonyl (C=O) groups is 1. The normalized spacial score (nSPS) is 26.0. The monoisotopic (exact) mass is 443 g/mol. The lowest BCUT2D eigenvalue weighted by atomic mass is 10.1. The van der Waals surface area contributed by atoms with Crippen LogP contribution in [0.25, 0.3) is 11.2 Å². The number of hydrogen-bond acceptors (Lipinski definition) is 12. The van der Waals surface area contributed by atoms with Crippen LogP contribution in [0.15, 0.2) is 11.4 Å². The smallest absolute Gasteiger partial charge is 0.239 e. The summed E-state index contributed by atoms with van der Waals surface area (Å²) in [6.45, 7) is 1.44. The van der Waals surface area contributed by atoms with Gasteiger partial charge in [0.1, 0.15) is 34.9 Å². The number of amides is 1. The molecule has 0 saturated carbocycles. The molecule has 2 aromatic heterocycles. The highest BCUT2D eigenvalue weighted by Gasteiger charge is 2.44. The summed E-state index contributed by atoms with van der Waals surface area (Å²) in [5.74, 6) is -0.296. The fourth-order valence-electron chi connectivity index (χ4n) is 2.97. The summed E-state index contributed by atoms with van der Waals surface area (Å²) in [6.07, 6.45) is -4.08. The summed E-state index contributed by atoms with van der Waals surface area (Å²) in [6, 6.07) is -1.02. The number of thiol groups is 1. The summed E-state index contributed by atoms with van der Waals surface area (Å²) >= 11 is 4.31. The van der Waals surface area contributed by atoms with Crippen LogP contribution in [0.1, 0.15) is 13.2 Å². The van der Waals surface area contributed by atoms with E-state index in [4.69, 9.17) is 10.5 Å². The summed E-state index contributed by atoms with van der Waals surface area (Å²) < 4.78 is 6.95. The van der Waals surface area contributed by atoms with Gasteiger partial charge in [-0.3, -0.25) is 9.36 Å². The summed E-state index contributed by atoms with van der Waals surface area (Å²) in [7, 11) is 0. The molecule has 30 heavy (non-hydrogen) atoms. The Morgan fingerprint density at radius 2 is 2.10 bits per heavy atom. The van der Waals surface area contributed by atoms with Gasteiger partial charge in [0.25, 0.3) is 0 Å². The molecule has 166 valence electrons. The van der Waals surface area contributed by atoms with E-state index in [9.17, 15) is 25.2 Å². The van der Waals surface area contributed by atoms with Crippen LogP contribution >= 0.6 is 12.6 Å². The number of hydrogen-bond donors (Lipinski definition) is 8. The number of ether oxygens (including phenoxy) is 1. The number of imidazole rings is 1. The van der Waals surface area contributed by atoms with E-state index in [1.165, 1.54) is 17.8 Å². The van der Waals surface area contributed by atoms with Gasteiger partial charge in [0.15, 0.2) is 11.9 Å². The minimum atomic E-state index is -1.29. The van der Waals surface area contributed by atoms with Crippen molar-refractivity contribution in [1.82, 2.24) is 24.8 Å². The zero-order chi connectivity index (χ0) is 22.0. The number of aliphatic hydroxyl groups is 4. The van der Waals surface area contributed by atoms with Gasteiger partial charge in [-0.25, -0.2) is 9.97 Å². The standard InChI is InChI=1S/C16H25N7O6S/c1-6(25)8(17)13(28)18-2-3-19-16-21-12-9(14(30)22-16)20-5-23(12)15-11(27)10(26)7(4-24)29-15/h5-8,10-11,15,24-27H,2-4,17H2,1H3,(H,18,28)(H2,19,21,22,30)/t6?,7-,8?,10?,11?,15-/m1/s1. The fraction of sp³-hybridized carbons (Fsp3) is 0.625. The van der Waals surface area contributed by atoms with Crippen LogP contribution in [-0.4, -0.2) is 96.0 Å². The lowest BCUT2D eigenvalue weighted by Crippen LogP contribution is -2.48. The SMILES string of the molecule is CC(O)C(N)C(=O)NCCNc1nc(S)c2ncn([C@@H]3O[C@H](CO)C(O)C3O)c2n1. The molecular formula is C16H25N7O6S. The fourth-order valence-corrected chi connectivity index (χ4v) is 3.23. The van der Waals surface area contributed by atoms with Gasteiger partial charge in [-0.1, -0.05) is 0 Å². The molecule has 1 fully saturated rings. The molecule has 0 bridgehead atoms.